The van der Waals surface area contributed by atoms with Crippen molar-refractivity contribution >= 4 is 45.9 Å². The zero-order chi connectivity index (χ0) is 44.2. The van der Waals surface area contributed by atoms with Gasteiger partial charge in [-0.1, -0.05) is 33.8 Å². The number of hydrogen-bond donors (Lipinski definition) is 2. The first-order valence-electron chi connectivity index (χ1n) is 22.2. The number of methoxy groups -OCH3 is 1. The van der Waals surface area contributed by atoms with Crippen LogP contribution in [0.1, 0.15) is 76.8 Å². The number of likely N-dealkylation sites (N-methyl/N-ethyl adjacent to an activating group) is 1. The van der Waals surface area contributed by atoms with E-state index in [9.17, 15) is 19.2 Å². The number of hydrogen-bond acceptors (Lipinski definition) is 11. The molecule has 1 saturated carbocycles. The van der Waals surface area contributed by atoms with Crippen molar-refractivity contribution in [3.8, 4) is 22.5 Å². The minimum absolute atomic E-state index is 0.0169. The molecule has 1 aliphatic carbocycles. The Morgan fingerprint density at radius 3 is 2.61 bits per heavy atom. The predicted octanol–water partition coefficient (Wildman–Crippen LogP) is 5.49. The Balaban J connectivity index is 1.17. The van der Waals surface area contributed by atoms with Gasteiger partial charge in [0.15, 0.2) is 0 Å². The molecule has 0 radical (unpaired) electrons. The lowest BCUT2D eigenvalue weighted by molar-refractivity contribution is -0.155. The van der Waals surface area contributed by atoms with Gasteiger partial charge in [-0.3, -0.25) is 29.2 Å². The van der Waals surface area contributed by atoms with Crippen LogP contribution in [-0.4, -0.2) is 119 Å². The Morgan fingerprint density at radius 2 is 1.90 bits per heavy atom. The minimum Gasteiger partial charge on any atom is -0.464 e. The molecule has 2 saturated heterocycles. The van der Waals surface area contributed by atoms with Gasteiger partial charge in [-0.25, -0.2) is 10.4 Å². The SMILES string of the molecule is CCn1c(-c2cccnc2[C@H](C)OC)c2c3cc(ccc31)-c1csc(n1)C[C@H](NC(=O)C(C(C)C)N(C)C(=O)C1[C@H]3CN(C)C[C@@H]13)C(=O)N1CCC[C@H](N1)C(=O)OCC(C)(C)C2. The van der Waals surface area contributed by atoms with Crippen LogP contribution in [0.15, 0.2) is 41.9 Å². The monoisotopic (exact) mass is 866 g/mol. The Hall–Kier alpha value is -4.70. The molecule has 4 aliphatic rings. The lowest BCUT2D eigenvalue weighted by Crippen LogP contribution is -2.62. The van der Waals surface area contributed by atoms with Gasteiger partial charge in [-0.05, 0) is 87.7 Å². The van der Waals surface area contributed by atoms with E-state index >= 15 is 0 Å². The second kappa shape index (κ2) is 17.5. The highest BCUT2D eigenvalue weighted by atomic mass is 32.1. The third kappa shape index (κ3) is 8.40. The Bertz CT molecular complexity index is 2340. The number of nitrogens with one attached hydrogen (secondary N) is 2. The van der Waals surface area contributed by atoms with E-state index in [-0.39, 0.29) is 42.8 Å². The number of nitrogens with zero attached hydrogens (tertiary/aromatic N) is 6. The van der Waals surface area contributed by atoms with Crippen molar-refractivity contribution in [2.45, 2.75) is 98.0 Å². The number of likely N-dealkylation sites (tertiary alicyclic amines) is 1. The van der Waals surface area contributed by atoms with Crippen LogP contribution in [0.2, 0.25) is 0 Å². The number of esters is 1. The second-order valence-electron chi connectivity index (χ2n) is 19.0. The Kier molecular flexibility index (Phi) is 12.4. The highest BCUT2D eigenvalue weighted by Crippen LogP contribution is 2.52. The number of benzene rings is 1. The average molecular weight is 867 g/mol. The van der Waals surface area contributed by atoms with Crippen molar-refractivity contribution in [2.75, 3.05) is 47.4 Å². The summed E-state index contributed by atoms with van der Waals surface area (Å²) in [5.74, 6) is -0.853. The molecule has 3 fully saturated rings. The standard InChI is InChI=1S/C47H62N8O6S/c1-10-54-37-16-15-28-19-30(37)31(42(54)29-13-11-17-48-40(29)27(4)60-9)21-47(5,6)25-61-46(59)34-14-12-18-55(51-34)44(57)35(20-38-49-36(28)24-62-38)50-43(56)41(26(2)3)53(8)45(58)39-32-22-52(7)23-33(32)39/h11,13,15-17,19,24,26-27,32-35,39,41,51H,10,12,14,18,20-23,25H2,1-9H3,(H,50,56)/t27-,32-,33+,34-,35-,39?,41?/m0/s1. The Morgan fingerprint density at radius 1 is 1.15 bits per heavy atom. The van der Waals surface area contributed by atoms with E-state index in [0.717, 1.165) is 57.8 Å². The van der Waals surface area contributed by atoms with Crippen LogP contribution in [-0.2, 0) is 48.0 Å². The summed E-state index contributed by atoms with van der Waals surface area (Å²) in [4.78, 5) is 70.4. The van der Waals surface area contributed by atoms with Gasteiger partial charge >= 0.3 is 5.97 Å². The summed E-state index contributed by atoms with van der Waals surface area (Å²) in [5, 5.41) is 8.28. The molecule has 0 spiro atoms. The number of carbonyl (C=O) groups is 4. The molecule has 3 aliphatic heterocycles. The fourth-order valence-corrected chi connectivity index (χ4v) is 11.1. The number of fused-ring (bicyclic) bond motifs is 7. The summed E-state index contributed by atoms with van der Waals surface area (Å²) in [6.45, 7) is 15.2. The van der Waals surface area contributed by atoms with Gasteiger partial charge in [0.2, 0.25) is 11.8 Å². The van der Waals surface area contributed by atoms with Crippen LogP contribution >= 0.6 is 11.3 Å². The van der Waals surface area contributed by atoms with E-state index in [2.05, 4.69) is 72.3 Å². The fraction of sp³-hybridized carbons (Fsp3) is 0.574. The smallest absolute Gasteiger partial charge is 0.324 e. The molecule has 2 unspecified atom stereocenters. The fourth-order valence-electron chi connectivity index (χ4n) is 10.2. The van der Waals surface area contributed by atoms with Gasteiger partial charge in [0.1, 0.15) is 18.1 Å². The van der Waals surface area contributed by atoms with Crippen molar-refractivity contribution in [1.29, 1.82) is 0 Å². The number of amides is 3. The molecular weight excluding hydrogens is 805 g/mol. The van der Waals surface area contributed by atoms with Crippen molar-refractivity contribution in [3.05, 3.63) is 58.2 Å². The van der Waals surface area contributed by atoms with Crippen LogP contribution < -0.4 is 10.7 Å². The van der Waals surface area contributed by atoms with E-state index in [4.69, 9.17) is 19.4 Å². The maximum absolute atomic E-state index is 14.6. The molecule has 8 rings (SSSR count). The molecule has 7 atom stereocenters. The first kappa shape index (κ1) is 43.9. The van der Waals surface area contributed by atoms with E-state index in [0.29, 0.717) is 49.2 Å². The number of hydrazine groups is 1. The van der Waals surface area contributed by atoms with Crippen molar-refractivity contribution in [2.24, 2.45) is 29.1 Å². The van der Waals surface area contributed by atoms with Crippen molar-refractivity contribution in [3.63, 3.8) is 0 Å². The number of cyclic esters (lactones) is 1. The van der Waals surface area contributed by atoms with Crippen molar-refractivity contribution < 1.29 is 28.7 Å². The number of aryl methyl sites for hydroxylation is 1. The largest absolute Gasteiger partial charge is 0.464 e. The van der Waals surface area contributed by atoms with Crippen molar-refractivity contribution in [1.82, 2.24) is 40.1 Å². The maximum atomic E-state index is 14.6. The first-order valence-corrected chi connectivity index (χ1v) is 23.1. The van der Waals surface area contributed by atoms with Crippen LogP contribution in [0.3, 0.4) is 0 Å². The normalized spacial score (nSPS) is 24.9. The highest BCUT2D eigenvalue weighted by Gasteiger charge is 2.60. The average Bonchev–Trinajstić information content (AvgIpc) is 3.55. The number of thiazole rings is 1. The molecule has 14 nitrogen and oxygen atoms in total. The zero-order valence-electron chi connectivity index (χ0n) is 37.6. The minimum atomic E-state index is -1.02. The van der Waals surface area contributed by atoms with Gasteiger partial charge in [-0.2, -0.15) is 0 Å². The molecular formula is C47H62N8O6S. The molecule has 6 heterocycles. The lowest BCUT2D eigenvalue weighted by Gasteiger charge is -2.36. The predicted molar refractivity (Wildman–Crippen MR) is 239 cm³/mol. The number of carbonyl (C=O) groups excluding carboxylic acids is 4. The molecule has 3 amide bonds. The molecule has 6 bridgehead atoms. The number of aromatic nitrogens is 3. The number of rotatable bonds is 9. The van der Waals surface area contributed by atoms with Crippen LogP contribution in [0.5, 0.6) is 0 Å². The van der Waals surface area contributed by atoms with Crippen LogP contribution in [0, 0.1) is 29.1 Å². The summed E-state index contributed by atoms with van der Waals surface area (Å²) in [7, 11) is 5.48. The van der Waals surface area contributed by atoms with E-state index < -0.39 is 35.4 Å². The van der Waals surface area contributed by atoms with Gasteiger partial charge < -0.3 is 29.2 Å². The summed E-state index contributed by atoms with van der Waals surface area (Å²) in [5.41, 5.74) is 9.45. The topological polar surface area (TPSA) is 151 Å². The molecule has 1 aromatic carbocycles. The molecule has 332 valence electrons. The molecule has 3 aromatic heterocycles. The van der Waals surface area contributed by atoms with E-state index in [1.54, 1.807) is 25.3 Å². The second-order valence-corrected chi connectivity index (χ2v) is 19.9. The van der Waals surface area contributed by atoms with Gasteiger partial charge in [0.25, 0.3) is 5.91 Å². The highest BCUT2D eigenvalue weighted by molar-refractivity contribution is 7.10. The quantitative estimate of drug-likeness (QED) is 0.207. The van der Waals surface area contributed by atoms with Gasteiger partial charge in [-0.15, -0.1) is 11.3 Å². The summed E-state index contributed by atoms with van der Waals surface area (Å²) in [6, 6.07) is 7.94. The van der Waals surface area contributed by atoms with E-state index in [1.165, 1.54) is 16.3 Å². The number of ether oxygens (including phenoxy) is 2. The third-order valence-corrected chi connectivity index (χ3v) is 14.4. The molecule has 4 aromatic rings. The summed E-state index contributed by atoms with van der Waals surface area (Å²) < 4.78 is 14.3. The molecule has 62 heavy (non-hydrogen) atoms. The van der Waals surface area contributed by atoms with E-state index in [1.807, 2.05) is 32.2 Å². The van der Waals surface area contributed by atoms with Gasteiger partial charge in [0.05, 0.1) is 34.8 Å². The van der Waals surface area contributed by atoms with Crippen LogP contribution in [0.4, 0.5) is 0 Å². The number of piperidine rings is 1. The zero-order valence-corrected chi connectivity index (χ0v) is 38.4. The summed E-state index contributed by atoms with van der Waals surface area (Å²) >= 11 is 1.44. The molecule has 15 heteroatoms. The number of pyridine rings is 1. The first-order chi connectivity index (χ1) is 29.6. The third-order valence-electron chi connectivity index (χ3n) is 13.5. The summed E-state index contributed by atoms with van der Waals surface area (Å²) in [6.07, 6.45) is 3.35. The maximum Gasteiger partial charge on any atom is 0.324 e. The van der Waals surface area contributed by atoms with Crippen LogP contribution in [0.25, 0.3) is 33.4 Å². The Labute approximate surface area is 368 Å². The lowest BCUT2D eigenvalue weighted by atomic mass is 9.84. The van der Waals surface area contributed by atoms with Gasteiger partial charge in [0, 0.05) is 91.7 Å². The molecule has 2 N–H and O–H groups in total.